The molecule has 150 valence electrons. The number of carbonyl (C=O) groups is 1. The molecule has 3 N–H and O–H groups in total. The molecular weight excluding hydrogens is 452 g/mol. The van der Waals surface area contributed by atoms with E-state index in [1.165, 1.54) is 18.2 Å². The number of rotatable bonds is 10. The van der Waals surface area contributed by atoms with Crippen LogP contribution in [0, 0.1) is 10.1 Å². The molecule has 0 aromatic heterocycles. The van der Waals surface area contributed by atoms with Crippen molar-refractivity contribution in [2.24, 2.45) is 0 Å². The molecule has 0 bridgehead atoms. The van der Waals surface area contributed by atoms with Crippen LogP contribution >= 0.6 is 15.9 Å². The third-order valence-corrected chi connectivity index (χ3v) is 5.57. The van der Waals surface area contributed by atoms with Gasteiger partial charge in [-0.3, -0.25) is 14.9 Å². The molecule has 28 heavy (non-hydrogen) atoms. The zero-order valence-electron chi connectivity index (χ0n) is 14.7. The van der Waals surface area contributed by atoms with Gasteiger partial charge in [0.05, 0.1) is 9.82 Å². The summed E-state index contributed by atoms with van der Waals surface area (Å²) in [5.74, 6) is -0.332. The largest absolute Gasteiger partial charge is 0.378 e. The summed E-state index contributed by atoms with van der Waals surface area (Å²) in [5.41, 5.74) is 0.319. The first-order valence-electron chi connectivity index (χ1n) is 8.29. The molecule has 2 rings (SSSR count). The summed E-state index contributed by atoms with van der Waals surface area (Å²) < 4.78 is 27.3. The first-order valence-corrected chi connectivity index (χ1v) is 10.6. The number of nitrogens with zero attached hydrogens (tertiary/aromatic N) is 1. The molecule has 0 radical (unpaired) electrons. The summed E-state index contributed by atoms with van der Waals surface area (Å²) in [4.78, 5) is 22.4. The molecule has 0 aliphatic heterocycles. The lowest BCUT2D eigenvalue weighted by Crippen LogP contribution is -2.33. The second kappa shape index (κ2) is 10.2. The molecule has 0 unspecified atom stereocenters. The van der Waals surface area contributed by atoms with Crippen molar-refractivity contribution in [3.63, 3.8) is 0 Å². The second-order valence-corrected chi connectivity index (χ2v) is 8.34. The van der Waals surface area contributed by atoms with Crippen molar-refractivity contribution >= 4 is 43.2 Å². The lowest BCUT2D eigenvalue weighted by molar-refractivity contribution is -0.384. The van der Waals surface area contributed by atoms with E-state index in [1.807, 2.05) is 0 Å². The molecule has 1 amide bonds. The van der Waals surface area contributed by atoms with Crippen LogP contribution in [0.15, 0.2) is 57.9 Å². The van der Waals surface area contributed by atoms with Crippen LogP contribution in [0.3, 0.4) is 0 Å². The minimum Gasteiger partial charge on any atom is -0.378 e. The van der Waals surface area contributed by atoms with Crippen molar-refractivity contribution in [2.75, 3.05) is 25.0 Å². The average Bonchev–Trinajstić information content (AvgIpc) is 2.65. The van der Waals surface area contributed by atoms with Crippen LogP contribution in [-0.4, -0.2) is 38.9 Å². The third-order valence-electron chi connectivity index (χ3n) is 3.61. The number of anilines is 1. The summed E-state index contributed by atoms with van der Waals surface area (Å²) in [7, 11) is -3.69. The van der Waals surface area contributed by atoms with E-state index in [-0.39, 0.29) is 36.0 Å². The Bertz CT molecular complexity index is 952. The fourth-order valence-electron chi connectivity index (χ4n) is 2.29. The molecule has 11 heteroatoms. The summed E-state index contributed by atoms with van der Waals surface area (Å²) in [6.07, 6.45) is -0.0290. The average molecular weight is 471 g/mol. The van der Waals surface area contributed by atoms with E-state index in [0.29, 0.717) is 16.7 Å². The number of halogens is 1. The number of nitro groups is 1. The minimum atomic E-state index is -3.69. The molecule has 0 fully saturated rings. The number of nitro benzene ring substituents is 1. The van der Waals surface area contributed by atoms with Crippen LogP contribution in [0.25, 0.3) is 0 Å². The molecule has 0 aliphatic rings. The van der Waals surface area contributed by atoms with Crippen molar-refractivity contribution < 1.29 is 18.1 Å². The SMILES string of the molecule is O=C(CCNS(=O)(=O)c1cccc(Br)c1)NCCNc1ccccc1[N+](=O)[O-]. The number of sulfonamides is 1. The van der Waals surface area contributed by atoms with Gasteiger partial charge in [-0.25, -0.2) is 13.1 Å². The number of hydrogen-bond acceptors (Lipinski definition) is 6. The lowest BCUT2D eigenvalue weighted by atomic mass is 10.2. The van der Waals surface area contributed by atoms with E-state index in [9.17, 15) is 23.3 Å². The fourth-order valence-corrected chi connectivity index (χ4v) is 3.91. The molecule has 0 spiro atoms. The summed E-state index contributed by atoms with van der Waals surface area (Å²) in [5, 5.41) is 16.4. The summed E-state index contributed by atoms with van der Waals surface area (Å²) in [6.45, 7) is 0.488. The molecule has 0 saturated heterocycles. The highest BCUT2D eigenvalue weighted by atomic mass is 79.9. The summed E-state index contributed by atoms with van der Waals surface area (Å²) in [6, 6.07) is 12.5. The van der Waals surface area contributed by atoms with Gasteiger partial charge in [0, 0.05) is 36.6 Å². The number of nitrogens with one attached hydrogen (secondary N) is 3. The van der Waals surface area contributed by atoms with Gasteiger partial charge < -0.3 is 10.6 Å². The Morgan fingerprint density at radius 3 is 2.54 bits per heavy atom. The Labute approximate surface area is 170 Å². The van der Waals surface area contributed by atoms with Gasteiger partial charge in [-0.2, -0.15) is 0 Å². The van der Waals surface area contributed by atoms with E-state index in [0.717, 1.165) is 0 Å². The van der Waals surface area contributed by atoms with Crippen molar-refractivity contribution in [3.8, 4) is 0 Å². The van der Waals surface area contributed by atoms with Crippen LogP contribution < -0.4 is 15.4 Å². The van der Waals surface area contributed by atoms with Crippen molar-refractivity contribution in [1.29, 1.82) is 0 Å². The van der Waals surface area contributed by atoms with Crippen LogP contribution in [0.5, 0.6) is 0 Å². The highest BCUT2D eigenvalue weighted by molar-refractivity contribution is 9.10. The highest BCUT2D eigenvalue weighted by Gasteiger charge is 2.14. The molecule has 2 aromatic carbocycles. The summed E-state index contributed by atoms with van der Waals surface area (Å²) >= 11 is 3.21. The van der Waals surface area contributed by atoms with E-state index in [1.54, 1.807) is 30.3 Å². The quantitative estimate of drug-likeness (QED) is 0.277. The van der Waals surface area contributed by atoms with Gasteiger partial charge in [-0.15, -0.1) is 0 Å². The zero-order chi connectivity index (χ0) is 20.6. The Morgan fingerprint density at radius 1 is 1.07 bits per heavy atom. The van der Waals surface area contributed by atoms with Gasteiger partial charge >= 0.3 is 0 Å². The van der Waals surface area contributed by atoms with Gasteiger partial charge in [0.15, 0.2) is 0 Å². The van der Waals surface area contributed by atoms with Gasteiger partial charge in [0.2, 0.25) is 15.9 Å². The first kappa shape index (κ1) is 21.8. The topological polar surface area (TPSA) is 130 Å². The van der Waals surface area contributed by atoms with Gasteiger partial charge in [-0.1, -0.05) is 34.1 Å². The molecule has 0 heterocycles. The first-order chi connectivity index (χ1) is 13.3. The lowest BCUT2D eigenvalue weighted by Gasteiger charge is -2.09. The number of benzene rings is 2. The van der Waals surface area contributed by atoms with Crippen LogP contribution in [0.1, 0.15) is 6.42 Å². The monoisotopic (exact) mass is 470 g/mol. The molecule has 0 aliphatic carbocycles. The second-order valence-electron chi connectivity index (χ2n) is 5.66. The number of para-hydroxylation sites is 2. The highest BCUT2D eigenvalue weighted by Crippen LogP contribution is 2.22. The Balaban J connectivity index is 1.71. The smallest absolute Gasteiger partial charge is 0.292 e. The Kier molecular flexibility index (Phi) is 7.91. The maximum Gasteiger partial charge on any atom is 0.292 e. The Morgan fingerprint density at radius 2 is 1.82 bits per heavy atom. The molecular formula is C17H19BrN4O5S. The molecule has 0 atom stereocenters. The van der Waals surface area contributed by atoms with E-state index < -0.39 is 14.9 Å². The number of amides is 1. The van der Waals surface area contributed by atoms with E-state index >= 15 is 0 Å². The fraction of sp³-hybridized carbons (Fsp3) is 0.235. The van der Waals surface area contributed by atoms with Crippen molar-refractivity contribution in [3.05, 3.63) is 63.1 Å². The predicted octanol–water partition coefficient (Wildman–Crippen LogP) is 2.25. The van der Waals surface area contributed by atoms with E-state index in [4.69, 9.17) is 0 Å². The maximum atomic E-state index is 12.1. The van der Waals surface area contributed by atoms with Crippen molar-refractivity contribution in [2.45, 2.75) is 11.3 Å². The third kappa shape index (κ3) is 6.59. The molecule has 2 aromatic rings. The number of hydrogen-bond donors (Lipinski definition) is 3. The Hall–Kier alpha value is -2.50. The predicted molar refractivity (Wildman–Crippen MR) is 109 cm³/mol. The van der Waals surface area contributed by atoms with E-state index in [2.05, 4.69) is 31.3 Å². The maximum absolute atomic E-state index is 12.1. The molecule has 0 saturated carbocycles. The minimum absolute atomic E-state index is 0.0290. The van der Waals surface area contributed by atoms with Crippen LogP contribution in [-0.2, 0) is 14.8 Å². The van der Waals surface area contributed by atoms with Crippen LogP contribution in [0.2, 0.25) is 0 Å². The standard InChI is InChI=1S/C17H19BrN4O5S/c18-13-4-3-5-14(12-13)28(26,27)21-9-8-17(23)20-11-10-19-15-6-1-2-7-16(15)22(24)25/h1-7,12,19,21H,8-11H2,(H,20,23). The zero-order valence-corrected chi connectivity index (χ0v) is 17.1. The van der Waals surface area contributed by atoms with Gasteiger partial charge in [-0.05, 0) is 24.3 Å². The van der Waals surface area contributed by atoms with Crippen LogP contribution in [0.4, 0.5) is 11.4 Å². The van der Waals surface area contributed by atoms with Gasteiger partial charge in [0.25, 0.3) is 5.69 Å². The van der Waals surface area contributed by atoms with Crippen molar-refractivity contribution in [1.82, 2.24) is 10.0 Å². The van der Waals surface area contributed by atoms with Gasteiger partial charge in [0.1, 0.15) is 5.69 Å². The number of carbonyl (C=O) groups excluding carboxylic acids is 1. The normalized spacial score (nSPS) is 11.0. The molecule has 9 nitrogen and oxygen atoms in total.